The summed E-state index contributed by atoms with van der Waals surface area (Å²) in [5, 5.41) is 22.3. The molecule has 22 heavy (non-hydrogen) atoms. The number of aryl methyl sites for hydroxylation is 1. The minimum Gasteiger partial charge on any atom is -0.491 e. The van der Waals surface area contributed by atoms with E-state index in [4.69, 9.17) is 9.84 Å². The van der Waals surface area contributed by atoms with E-state index in [1.54, 1.807) is 0 Å². The van der Waals surface area contributed by atoms with Gasteiger partial charge in [-0.2, -0.15) is 0 Å². The fourth-order valence-corrected chi connectivity index (χ4v) is 1.97. The summed E-state index contributed by atoms with van der Waals surface area (Å²) in [4.78, 5) is 0. The second kappa shape index (κ2) is 7.44. The average molecular weight is 309 g/mol. The van der Waals surface area contributed by atoms with Gasteiger partial charge in [0.05, 0.1) is 6.61 Å². The molecule has 126 valence electrons. The van der Waals surface area contributed by atoms with Gasteiger partial charge in [0, 0.05) is 12.1 Å². The van der Waals surface area contributed by atoms with Crippen LogP contribution in [0, 0.1) is 6.92 Å². The van der Waals surface area contributed by atoms with Gasteiger partial charge < -0.3 is 20.3 Å². The van der Waals surface area contributed by atoms with Crippen LogP contribution in [0.1, 0.15) is 45.7 Å². The third kappa shape index (κ3) is 5.95. The van der Waals surface area contributed by atoms with Crippen molar-refractivity contribution in [1.82, 2.24) is 5.32 Å². The molecule has 0 radical (unpaired) electrons. The van der Waals surface area contributed by atoms with Crippen molar-refractivity contribution in [2.45, 2.75) is 58.6 Å². The van der Waals surface area contributed by atoms with Gasteiger partial charge in [-0.05, 0) is 43.4 Å². The zero-order chi connectivity index (χ0) is 17.0. The molecule has 1 aromatic carbocycles. The van der Waals surface area contributed by atoms with Crippen molar-refractivity contribution in [2.24, 2.45) is 0 Å². The van der Waals surface area contributed by atoms with E-state index in [1.165, 1.54) is 5.56 Å². The van der Waals surface area contributed by atoms with Gasteiger partial charge in [0.2, 0.25) is 0 Å². The Morgan fingerprint density at radius 2 is 1.82 bits per heavy atom. The second-order valence-corrected chi connectivity index (χ2v) is 7.62. The molecule has 0 amide bonds. The molecule has 0 bridgehead atoms. The summed E-state index contributed by atoms with van der Waals surface area (Å²) < 4.78 is 5.71. The summed E-state index contributed by atoms with van der Waals surface area (Å²) in [7, 11) is 0. The van der Waals surface area contributed by atoms with E-state index in [0.717, 1.165) is 11.3 Å². The van der Waals surface area contributed by atoms with Crippen LogP contribution in [-0.4, -0.2) is 41.6 Å². The number of aliphatic hydroxyl groups is 2. The molecule has 0 spiro atoms. The van der Waals surface area contributed by atoms with Crippen molar-refractivity contribution in [2.75, 3.05) is 19.8 Å². The van der Waals surface area contributed by atoms with Crippen LogP contribution in [0.3, 0.4) is 0 Å². The van der Waals surface area contributed by atoms with E-state index in [-0.39, 0.29) is 18.6 Å². The van der Waals surface area contributed by atoms with Gasteiger partial charge in [0.15, 0.2) is 0 Å². The predicted octanol–water partition coefficient (Wildman–Crippen LogP) is 2.39. The van der Waals surface area contributed by atoms with Gasteiger partial charge in [-0.1, -0.05) is 32.9 Å². The van der Waals surface area contributed by atoms with Crippen molar-refractivity contribution >= 4 is 0 Å². The predicted molar refractivity (Wildman–Crippen MR) is 90.5 cm³/mol. The van der Waals surface area contributed by atoms with E-state index in [9.17, 15) is 5.11 Å². The molecule has 0 saturated heterocycles. The third-order valence-corrected chi connectivity index (χ3v) is 3.68. The van der Waals surface area contributed by atoms with Crippen LogP contribution >= 0.6 is 0 Å². The maximum absolute atomic E-state index is 9.97. The smallest absolute Gasteiger partial charge is 0.122 e. The number of hydrogen-bond donors (Lipinski definition) is 3. The number of hydrogen-bond acceptors (Lipinski definition) is 4. The maximum Gasteiger partial charge on any atom is 0.122 e. The van der Waals surface area contributed by atoms with Crippen molar-refractivity contribution < 1.29 is 14.9 Å². The molecule has 0 saturated carbocycles. The van der Waals surface area contributed by atoms with Crippen LogP contribution in [0.2, 0.25) is 0 Å². The van der Waals surface area contributed by atoms with Crippen LogP contribution in [0.5, 0.6) is 5.75 Å². The Morgan fingerprint density at radius 3 is 2.32 bits per heavy atom. The van der Waals surface area contributed by atoms with E-state index in [1.807, 2.05) is 26.8 Å². The van der Waals surface area contributed by atoms with Crippen LogP contribution < -0.4 is 10.1 Å². The molecule has 0 fully saturated rings. The summed E-state index contributed by atoms with van der Waals surface area (Å²) in [6, 6.07) is 6.17. The van der Waals surface area contributed by atoms with Gasteiger partial charge >= 0.3 is 0 Å². The first-order valence-electron chi connectivity index (χ1n) is 7.83. The summed E-state index contributed by atoms with van der Waals surface area (Å²) in [6.45, 7) is 13.0. The maximum atomic E-state index is 9.97. The number of aliphatic hydroxyl groups excluding tert-OH is 2. The Labute approximate surface area is 134 Å². The van der Waals surface area contributed by atoms with Crippen LogP contribution in [0.15, 0.2) is 18.2 Å². The Kier molecular flexibility index (Phi) is 6.41. The first-order valence-corrected chi connectivity index (χ1v) is 7.83. The lowest BCUT2D eigenvalue weighted by atomic mass is 9.86. The summed E-state index contributed by atoms with van der Waals surface area (Å²) in [5.74, 6) is 0.800. The SMILES string of the molecule is Cc1cc(C(C)(C)C)ccc1OCC(O)CNC(C)(C)CO. The molecule has 1 atom stereocenters. The van der Waals surface area contributed by atoms with E-state index in [0.29, 0.717) is 6.54 Å². The highest BCUT2D eigenvalue weighted by Crippen LogP contribution is 2.27. The normalized spacial score (nSPS) is 14.0. The Bertz CT molecular complexity index is 478. The Balaban J connectivity index is 2.54. The van der Waals surface area contributed by atoms with Gasteiger partial charge in [0.25, 0.3) is 0 Å². The molecule has 0 aliphatic carbocycles. The highest BCUT2D eigenvalue weighted by atomic mass is 16.5. The van der Waals surface area contributed by atoms with E-state index >= 15 is 0 Å². The molecule has 0 aromatic heterocycles. The zero-order valence-corrected chi connectivity index (χ0v) is 14.7. The summed E-state index contributed by atoms with van der Waals surface area (Å²) in [5.41, 5.74) is 2.06. The van der Waals surface area contributed by atoms with Crippen LogP contribution in [0.4, 0.5) is 0 Å². The molecule has 1 unspecified atom stereocenters. The van der Waals surface area contributed by atoms with Crippen LogP contribution in [-0.2, 0) is 5.41 Å². The lowest BCUT2D eigenvalue weighted by Crippen LogP contribution is -2.47. The minimum atomic E-state index is -0.618. The molecule has 0 heterocycles. The van der Waals surface area contributed by atoms with Crippen molar-refractivity contribution in [3.63, 3.8) is 0 Å². The summed E-state index contributed by atoms with van der Waals surface area (Å²) in [6.07, 6.45) is -0.618. The summed E-state index contributed by atoms with van der Waals surface area (Å²) >= 11 is 0. The standard InChI is InChI=1S/C18H31NO3/c1-13-9-14(17(2,3)4)7-8-16(13)22-11-15(21)10-19-18(5,6)12-20/h7-9,15,19-21H,10-12H2,1-6H3. The van der Waals surface area contributed by atoms with E-state index < -0.39 is 11.6 Å². The number of rotatable bonds is 7. The van der Waals surface area contributed by atoms with Gasteiger partial charge in [0.1, 0.15) is 18.5 Å². The highest BCUT2D eigenvalue weighted by molar-refractivity contribution is 5.38. The average Bonchev–Trinajstić information content (AvgIpc) is 2.43. The molecule has 1 rings (SSSR count). The molecule has 4 heteroatoms. The number of β-amino-alcohol motifs (C(OH)–C–C–N with tert-alkyl or cyclic N) is 1. The topological polar surface area (TPSA) is 61.7 Å². The monoisotopic (exact) mass is 309 g/mol. The third-order valence-electron chi connectivity index (χ3n) is 3.68. The number of ether oxygens (including phenoxy) is 1. The van der Waals surface area contributed by atoms with Crippen molar-refractivity contribution in [3.05, 3.63) is 29.3 Å². The first-order chi connectivity index (χ1) is 10.0. The second-order valence-electron chi connectivity index (χ2n) is 7.62. The first kappa shape index (κ1) is 18.9. The van der Waals surface area contributed by atoms with Gasteiger partial charge in [-0.3, -0.25) is 0 Å². The molecular weight excluding hydrogens is 278 g/mol. The quantitative estimate of drug-likeness (QED) is 0.724. The molecule has 1 aromatic rings. The Hall–Kier alpha value is -1.10. The zero-order valence-electron chi connectivity index (χ0n) is 14.7. The lowest BCUT2D eigenvalue weighted by molar-refractivity contribution is 0.0904. The largest absolute Gasteiger partial charge is 0.491 e. The molecule has 0 aliphatic rings. The molecule has 4 nitrogen and oxygen atoms in total. The van der Waals surface area contributed by atoms with Crippen molar-refractivity contribution in [1.29, 1.82) is 0 Å². The number of benzene rings is 1. The molecular formula is C18H31NO3. The van der Waals surface area contributed by atoms with E-state index in [2.05, 4.69) is 38.2 Å². The lowest BCUT2D eigenvalue weighted by Gasteiger charge is -2.25. The van der Waals surface area contributed by atoms with Gasteiger partial charge in [-0.25, -0.2) is 0 Å². The minimum absolute atomic E-state index is 0.0218. The van der Waals surface area contributed by atoms with Crippen LogP contribution in [0.25, 0.3) is 0 Å². The highest BCUT2D eigenvalue weighted by Gasteiger charge is 2.18. The molecule has 3 N–H and O–H groups in total. The molecule has 0 aliphatic heterocycles. The van der Waals surface area contributed by atoms with Crippen molar-refractivity contribution in [3.8, 4) is 5.75 Å². The van der Waals surface area contributed by atoms with Gasteiger partial charge in [-0.15, -0.1) is 0 Å². The fourth-order valence-electron chi connectivity index (χ4n) is 1.97. The Morgan fingerprint density at radius 1 is 1.18 bits per heavy atom. The number of nitrogens with one attached hydrogen (secondary N) is 1. The fraction of sp³-hybridized carbons (Fsp3) is 0.667.